The topological polar surface area (TPSA) is 42.0 Å². The third kappa shape index (κ3) is 3.18. The minimum absolute atomic E-state index is 0.0395. The lowest BCUT2D eigenvalue weighted by atomic mass is 10.1. The van der Waals surface area contributed by atoms with E-state index in [4.69, 9.17) is 9.47 Å². The molecule has 6 heteroatoms. The van der Waals surface area contributed by atoms with E-state index in [1.54, 1.807) is 17.0 Å². The van der Waals surface area contributed by atoms with Crippen molar-refractivity contribution in [2.24, 2.45) is 0 Å². The summed E-state index contributed by atoms with van der Waals surface area (Å²) in [6, 6.07) is 6.10. The van der Waals surface area contributed by atoms with Crippen molar-refractivity contribution in [1.82, 2.24) is 9.80 Å². The van der Waals surface area contributed by atoms with Crippen LogP contribution in [0.5, 0.6) is 0 Å². The van der Waals surface area contributed by atoms with Crippen LogP contribution in [-0.2, 0) is 9.47 Å². The van der Waals surface area contributed by atoms with Crippen LogP contribution in [0.15, 0.2) is 24.3 Å². The summed E-state index contributed by atoms with van der Waals surface area (Å²) >= 11 is 0. The Labute approximate surface area is 141 Å². The molecule has 3 atom stereocenters. The predicted molar refractivity (Wildman–Crippen MR) is 86.4 cm³/mol. The smallest absolute Gasteiger partial charge is 0.254 e. The Balaban J connectivity index is 1.44. The van der Waals surface area contributed by atoms with Gasteiger partial charge in [0, 0.05) is 38.3 Å². The molecular weight excluding hydrogens is 311 g/mol. The van der Waals surface area contributed by atoms with Crippen molar-refractivity contribution in [3.8, 4) is 0 Å². The summed E-state index contributed by atoms with van der Waals surface area (Å²) in [6.07, 6.45) is 2.59. The first-order valence-electron chi connectivity index (χ1n) is 8.73. The molecule has 4 rings (SSSR count). The third-order valence-corrected chi connectivity index (χ3v) is 5.24. The Bertz CT molecular complexity index is 606. The maximum atomic E-state index is 13.4. The molecule has 1 aromatic carbocycles. The van der Waals surface area contributed by atoms with Gasteiger partial charge in [-0.1, -0.05) is 6.07 Å². The van der Waals surface area contributed by atoms with E-state index in [0.29, 0.717) is 31.4 Å². The number of likely N-dealkylation sites (tertiary alicyclic amines) is 1. The first-order valence-corrected chi connectivity index (χ1v) is 8.73. The average Bonchev–Trinajstić information content (AvgIpc) is 3.24. The number of benzene rings is 1. The van der Waals surface area contributed by atoms with Gasteiger partial charge in [0.25, 0.3) is 5.91 Å². The fourth-order valence-electron chi connectivity index (χ4n) is 4.00. The first kappa shape index (κ1) is 16.0. The number of fused-ring (bicyclic) bond motifs is 1. The standard InChI is InChI=1S/C18H23FN2O3/c19-14-4-1-3-13(9-14)18(22)21-11-16-17(12-21)24-8-6-20(16)10-15-5-2-7-23-15/h1,3-4,9,15-17H,2,5-8,10-12H2/t15-,16-,17+/m1/s1. The fraction of sp³-hybridized carbons (Fsp3) is 0.611. The molecule has 24 heavy (non-hydrogen) atoms. The number of morpholine rings is 1. The fourth-order valence-corrected chi connectivity index (χ4v) is 4.00. The number of nitrogens with zero attached hydrogens (tertiary/aromatic N) is 2. The van der Waals surface area contributed by atoms with Gasteiger partial charge < -0.3 is 14.4 Å². The molecule has 3 saturated heterocycles. The Morgan fingerprint density at radius 3 is 2.96 bits per heavy atom. The number of amides is 1. The van der Waals surface area contributed by atoms with Crippen molar-refractivity contribution < 1.29 is 18.7 Å². The maximum Gasteiger partial charge on any atom is 0.254 e. The molecule has 3 fully saturated rings. The SMILES string of the molecule is O=C(c1cccc(F)c1)N1C[C@@H]2OCCN(C[C@H]3CCCO3)[C@@H]2C1. The van der Waals surface area contributed by atoms with Gasteiger partial charge in [-0.15, -0.1) is 0 Å². The average molecular weight is 334 g/mol. The van der Waals surface area contributed by atoms with Crippen molar-refractivity contribution in [2.45, 2.75) is 31.1 Å². The molecule has 1 amide bonds. The monoisotopic (exact) mass is 334 g/mol. The molecule has 0 radical (unpaired) electrons. The van der Waals surface area contributed by atoms with Crippen LogP contribution >= 0.6 is 0 Å². The predicted octanol–water partition coefficient (Wildman–Crippen LogP) is 1.53. The molecule has 5 nitrogen and oxygen atoms in total. The number of hydrogen-bond donors (Lipinski definition) is 0. The highest BCUT2D eigenvalue weighted by Crippen LogP contribution is 2.26. The summed E-state index contributed by atoms with van der Waals surface area (Å²) in [5.74, 6) is -0.502. The van der Waals surface area contributed by atoms with Gasteiger partial charge in [-0.3, -0.25) is 9.69 Å². The Morgan fingerprint density at radius 2 is 2.17 bits per heavy atom. The summed E-state index contributed by atoms with van der Waals surface area (Å²) in [6.45, 7) is 4.54. The molecule has 3 aliphatic heterocycles. The van der Waals surface area contributed by atoms with Crippen LogP contribution in [0.2, 0.25) is 0 Å². The summed E-state index contributed by atoms with van der Waals surface area (Å²) in [5.41, 5.74) is 0.402. The van der Waals surface area contributed by atoms with Gasteiger partial charge in [0.15, 0.2) is 0 Å². The van der Waals surface area contributed by atoms with E-state index in [9.17, 15) is 9.18 Å². The summed E-state index contributed by atoms with van der Waals surface area (Å²) in [4.78, 5) is 16.8. The first-order chi connectivity index (χ1) is 11.7. The molecule has 0 aliphatic carbocycles. The zero-order valence-corrected chi connectivity index (χ0v) is 13.7. The second-order valence-corrected chi connectivity index (χ2v) is 6.83. The molecule has 3 heterocycles. The van der Waals surface area contributed by atoms with Crippen molar-refractivity contribution >= 4 is 5.91 Å². The molecule has 3 aliphatic rings. The quantitative estimate of drug-likeness (QED) is 0.841. The second-order valence-electron chi connectivity index (χ2n) is 6.83. The van der Waals surface area contributed by atoms with Crippen LogP contribution in [0.25, 0.3) is 0 Å². The molecular formula is C18H23FN2O3. The number of halogens is 1. The maximum absolute atomic E-state index is 13.4. The summed E-state index contributed by atoms with van der Waals surface area (Å²) < 4.78 is 25.0. The van der Waals surface area contributed by atoms with E-state index in [-0.39, 0.29) is 23.9 Å². The lowest BCUT2D eigenvalue weighted by Gasteiger charge is -2.37. The van der Waals surface area contributed by atoms with Gasteiger partial charge >= 0.3 is 0 Å². The molecule has 0 aromatic heterocycles. The van der Waals surface area contributed by atoms with E-state index in [1.807, 2.05) is 0 Å². The van der Waals surface area contributed by atoms with Crippen molar-refractivity contribution in [1.29, 1.82) is 0 Å². The van der Waals surface area contributed by atoms with Gasteiger partial charge in [0.05, 0.1) is 24.9 Å². The Morgan fingerprint density at radius 1 is 1.25 bits per heavy atom. The normalized spacial score (nSPS) is 30.5. The molecule has 130 valence electrons. The second kappa shape index (κ2) is 6.78. The van der Waals surface area contributed by atoms with Gasteiger partial charge in [0.1, 0.15) is 5.82 Å². The molecule has 0 unspecified atom stereocenters. The minimum atomic E-state index is -0.381. The van der Waals surface area contributed by atoms with Gasteiger partial charge in [-0.2, -0.15) is 0 Å². The van der Waals surface area contributed by atoms with Crippen molar-refractivity contribution in [3.05, 3.63) is 35.6 Å². The molecule has 0 bridgehead atoms. The molecule has 1 aromatic rings. The zero-order valence-electron chi connectivity index (χ0n) is 13.7. The van der Waals surface area contributed by atoms with Crippen molar-refractivity contribution in [2.75, 3.05) is 39.4 Å². The van der Waals surface area contributed by atoms with E-state index in [0.717, 1.165) is 32.5 Å². The molecule has 0 N–H and O–H groups in total. The van der Waals surface area contributed by atoms with Crippen molar-refractivity contribution in [3.63, 3.8) is 0 Å². The van der Waals surface area contributed by atoms with E-state index in [1.165, 1.54) is 12.1 Å². The molecule has 0 saturated carbocycles. The molecule has 0 spiro atoms. The van der Waals surface area contributed by atoms with Crippen LogP contribution in [0, 0.1) is 5.82 Å². The highest BCUT2D eigenvalue weighted by molar-refractivity contribution is 5.94. The number of carbonyl (C=O) groups is 1. The lowest BCUT2D eigenvalue weighted by Crippen LogP contribution is -2.52. The third-order valence-electron chi connectivity index (χ3n) is 5.24. The largest absolute Gasteiger partial charge is 0.377 e. The highest BCUT2D eigenvalue weighted by Gasteiger charge is 2.42. The summed E-state index contributed by atoms with van der Waals surface area (Å²) in [5, 5.41) is 0. The van der Waals surface area contributed by atoms with Crippen LogP contribution in [-0.4, -0.2) is 73.3 Å². The van der Waals surface area contributed by atoms with E-state index in [2.05, 4.69) is 4.90 Å². The lowest BCUT2D eigenvalue weighted by molar-refractivity contribution is -0.0614. The Hall–Kier alpha value is -1.50. The highest BCUT2D eigenvalue weighted by atomic mass is 19.1. The van der Waals surface area contributed by atoms with Crippen LogP contribution in [0.4, 0.5) is 4.39 Å². The Kier molecular flexibility index (Phi) is 4.52. The number of rotatable bonds is 3. The van der Waals surface area contributed by atoms with Crippen LogP contribution in [0.3, 0.4) is 0 Å². The van der Waals surface area contributed by atoms with Gasteiger partial charge in [0.2, 0.25) is 0 Å². The minimum Gasteiger partial charge on any atom is -0.377 e. The van der Waals surface area contributed by atoms with E-state index >= 15 is 0 Å². The number of ether oxygens (including phenoxy) is 2. The van der Waals surface area contributed by atoms with Crippen LogP contribution in [0.1, 0.15) is 23.2 Å². The van der Waals surface area contributed by atoms with Gasteiger partial charge in [-0.05, 0) is 31.0 Å². The summed E-state index contributed by atoms with van der Waals surface area (Å²) in [7, 11) is 0. The number of hydrogen-bond acceptors (Lipinski definition) is 4. The zero-order chi connectivity index (χ0) is 16.5. The number of carbonyl (C=O) groups excluding carboxylic acids is 1. The van der Waals surface area contributed by atoms with Crippen LogP contribution < -0.4 is 0 Å². The van der Waals surface area contributed by atoms with Gasteiger partial charge in [-0.25, -0.2) is 4.39 Å². The van der Waals surface area contributed by atoms with E-state index < -0.39 is 0 Å².